The van der Waals surface area contributed by atoms with Crippen LogP contribution in [0.15, 0.2) is 22.7 Å². The Hall–Kier alpha value is -1.01. The molecule has 1 aromatic carbocycles. The van der Waals surface area contributed by atoms with Gasteiger partial charge in [-0.3, -0.25) is 0 Å². The molecule has 1 heterocycles. The zero-order valence-electron chi connectivity index (χ0n) is 10.4. The number of piperidine rings is 1. The summed E-state index contributed by atoms with van der Waals surface area (Å²) in [4.78, 5) is 11.4. The van der Waals surface area contributed by atoms with E-state index in [1.807, 2.05) is 0 Å². The molecule has 1 fully saturated rings. The van der Waals surface area contributed by atoms with Crippen LogP contribution in [0.25, 0.3) is 0 Å². The number of hydrogen-bond donors (Lipinski definition) is 1. The predicted molar refractivity (Wildman–Crippen MR) is 70.7 cm³/mol. The molecule has 0 bridgehead atoms. The number of carbonyl (C=O) groups is 1. The number of nitrogens with one attached hydrogen (secondary N) is 1. The van der Waals surface area contributed by atoms with E-state index >= 15 is 0 Å². The highest BCUT2D eigenvalue weighted by Gasteiger charge is 2.42. The van der Waals surface area contributed by atoms with Crippen LogP contribution < -0.4 is 5.32 Å². The minimum absolute atomic E-state index is 0.311. The summed E-state index contributed by atoms with van der Waals surface area (Å²) >= 11 is 3.23. The van der Waals surface area contributed by atoms with Crippen LogP contribution in [0.1, 0.15) is 28.3 Å². The van der Waals surface area contributed by atoms with Crippen molar-refractivity contribution in [1.29, 1.82) is 0 Å². The molecule has 1 aliphatic heterocycles. The molecule has 1 aromatic rings. The highest BCUT2D eigenvalue weighted by molar-refractivity contribution is 9.10. The van der Waals surface area contributed by atoms with Gasteiger partial charge in [0.1, 0.15) is 0 Å². The molecule has 3 nitrogen and oxygen atoms in total. The maximum atomic E-state index is 13.8. The van der Waals surface area contributed by atoms with Crippen LogP contribution >= 0.6 is 15.9 Å². The van der Waals surface area contributed by atoms with Gasteiger partial charge >= 0.3 is 5.97 Å². The molecule has 6 heteroatoms. The van der Waals surface area contributed by atoms with Crippen molar-refractivity contribution in [2.24, 2.45) is 0 Å². The van der Waals surface area contributed by atoms with Gasteiger partial charge in [0.2, 0.25) is 0 Å². The zero-order valence-corrected chi connectivity index (χ0v) is 12.0. The van der Waals surface area contributed by atoms with E-state index in [2.05, 4.69) is 26.0 Å². The zero-order chi connectivity index (χ0) is 14.0. The Kier molecular flexibility index (Phi) is 4.20. The highest BCUT2D eigenvalue weighted by Crippen LogP contribution is 2.39. The maximum Gasteiger partial charge on any atom is 0.338 e. The Bertz CT molecular complexity index is 494. The third kappa shape index (κ3) is 2.95. The maximum absolute atomic E-state index is 13.8. The Morgan fingerprint density at radius 2 is 2.26 bits per heavy atom. The van der Waals surface area contributed by atoms with Crippen molar-refractivity contribution in [3.63, 3.8) is 0 Å². The van der Waals surface area contributed by atoms with Gasteiger partial charge in [0, 0.05) is 4.47 Å². The van der Waals surface area contributed by atoms with E-state index in [0.717, 1.165) is 0 Å². The highest BCUT2D eigenvalue weighted by atomic mass is 79.9. The summed E-state index contributed by atoms with van der Waals surface area (Å²) in [7, 11) is 1.28. The molecule has 1 unspecified atom stereocenters. The second-order valence-electron chi connectivity index (χ2n) is 4.51. The lowest BCUT2D eigenvalue weighted by Gasteiger charge is -2.32. The van der Waals surface area contributed by atoms with Gasteiger partial charge in [-0.05, 0) is 46.6 Å². The van der Waals surface area contributed by atoms with Gasteiger partial charge in [0.25, 0.3) is 5.92 Å². The molecular formula is C13H14BrF2NO2. The summed E-state index contributed by atoms with van der Waals surface area (Å²) in [6, 6.07) is 4.67. The van der Waals surface area contributed by atoms with Gasteiger partial charge in [-0.15, -0.1) is 0 Å². The van der Waals surface area contributed by atoms with E-state index in [1.54, 1.807) is 12.1 Å². The predicted octanol–water partition coefficient (Wildman–Crippen LogP) is 2.95. The minimum Gasteiger partial charge on any atom is -0.465 e. The van der Waals surface area contributed by atoms with Crippen molar-refractivity contribution in [2.45, 2.75) is 18.3 Å². The average molecular weight is 334 g/mol. The first kappa shape index (κ1) is 14.4. The molecule has 1 saturated heterocycles. The first-order chi connectivity index (χ1) is 8.95. The van der Waals surface area contributed by atoms with Crippen LogP contribution in [0.2, 0.25) is 0 Å². The number of carbonyl (C=O) groups excluding carboxylic acids is 1. The van der Waals surface area contributed by atoms with Gasteiger partial charge < -0.3 is 10.1 Å². The van der Waals surface area contributed by atoms with Crippen LogP contribution in [0.5, 0.6) is 0 Å². The minimum atomic E-state index is -2.77. The summed E-state index contributed by atoms with van der Waals surface area (Å²) in [6.45, 7) is 0.255. The molecule has 19 heavy (non-hydrogen) atoms. The summed E-state index contributed by atoms with van der Waals surface area (Å²) in [5.41, 5.74) is 0.870. The number of alkyl halides is 2. The molecule has 0 saturated carbocycles. The Balaban J connectivity index is 2.31. The molecule has 0 aliphatic carbocycles. The van der Waals surface area contributed by atoms with Crippen molar-refractivity contribution < 1.29 is 18.3 Å². The van der Waals surface area contributed by atoms with Crippen LogP contribution in [0.4, 0.5) is 8.78 Å². The van der Waals surface area contributed by atoms with Gasteiger partial charge in [0.15, 0.2) is 0 Å². The fourth-order valence-electron chi connectivity index (χ4n) is 2.27. The molecule has 1 N–H and O–H groups in total. The number of esters is 1. The van der Waals surface area contributed by atoms with E-state index < -0.39 is 17.8 Å². The van der Waals surface area contributed by atoms with E-state index in [4.69, 9.17) is 0 Å². The van der Waals surface area contributed by atoms with Gasteiger partial charge in [-0.1, -0.05) is 6.07 Å². The Morgan fingerprint density at radius 1 is 1.53 bits per heavy atom. The number of hydrogen-bond acceptors (Lipinski definition) is 3. The normalized spacial score (nSPS) is 22.0. The quantitative estimate of drug-likeness (QED) is 0.845. The summed E-state index contributed by atoms with van der Waals surface area (Å²) in [5, 5.41) is 2.69. The molecule has 0 spiro atoms. The number of benzene rings is 1. The SMILES string of the molecule is COC(=O)c1ccc(C2CCNCC2(F)F)cc1Br. The van der Waals surface area contributed by atoms with Crippen LogP contribution in [-0.2, 0) is 4.74 Å². The molecular weight excluding hydrogens is 320 g/mol. The topological polar surface area (TPSA) is 38.3 Å². The lowest BCUT2D eigenvalue weighted by Crippen LogP contribution is -2.44. The fraction of sp³-hybridized carbons (Fsp3) is 0.462. The van der Waals surface area contributed by atoms with E-state index in [9.17, 15) is 13.6 Å². The number of methoxy groups -OCH3 is 1. The molecule has 0 aromatic heterocycles. The Labute approximate surface area is 118 Å². The van der Waals surface area contributed by atoms with E-state index in [0.29, 0.717) is 28.6 Å². The van der Waals surface area contributed by atoms with Crippen molar-refractivity contribution >= 4 is 21.9 Å². The number of halogens is 3. The van der Waals surface area contributed by atoms with Gasteiger partial charge in [-0.25, -0.2) is 13.6 Å². The second kappa shape index (κ2) is 5.54. The van der Waals surface area contributed by atoms with E-state index in [-0.39, 0.29) is 6.54 Å². The first-order valence-electron chi connectivity index (χ1n) is 5.92. The smallest absolute Gasteiger partial charge is 0.338 e. The van der Waals surface area contributed by atoms with Gasteiger partial charge in [0.05, 0.1) is 25.1 Å². The molecule has 104 valence electrons. The fourth-order valence-corrected chi connectivity index (χ4v) is 2.83. The molecule has 0 amide bonds. The van der Waals surface area contributed by atoms with Gasteiger partial charge in [-0.2, -0.15) is 0 Å². The van der Waals surface area contributed by atoms with E-state index in [1.165, 1.54) is 13.2 Å². The molecule has 1 aliphatic rings. The largest absolute Gasteiger partial charge is 0.465 e. The van der Waals surface area contributed by atoms with Crippen molar-refractivity contribution in [3.05, 3.63) is 33.8 Å². The monoisotopic (exact) mass is 333 g/mol. The first-order valence-corrected chi connectivity index (χ1v) is 6.71. The van der Waals surface area contributed by atoms with Crippen molar-refractivity contribution in [2.75, 3.05) is 20.2 Å². The number of rotatable bonds is 2. The lowest BCUT2D eigenvalue weighted by molar-refractivity contribution is -0.0420. The molecule has 2 rings (SSSR count). The summed E-state index contributed by atoms with van der Waals surface area (Å²) < 4.78 is 32.8. The lowest BCUT2D eigenvalue weighted by atomic mass is 9.86. The molecule has 1 atom stereocenters. The second-order valence-corrected chi connectivity index (χ2v) is 5.36. The number of ether oxygens (including phenoxy) is 1. The van der Waals surface area contributed by atoms with Crippen LogP contribution in [-0.4, -0.2) is 32.1 Å². The summed E-state index contributed by atoms with van der Waals surface area (Å²) in [6.07, 6.45) is 0.372. The Morgan fingerprint density at radius 3 is 2.84 bits per heavy atom. The standard InChI is InChI=1S/C13H14BrF2NO2/c1-19-12(18)9-3-2-8(6-11(9)14)10-4-5-17-7-13(10,15)16/h2-3,6,10,17H,4-5,7H2,1H3. The van der Waals surface area contributed by atoms with Crippen molar-refractivity contribution in [1.82, 2.24) is 5.32 Å². The third-order valence-electron chi connectivity index (χ3n) is 3.28. The molecule has 0 radical (unpaired) electrons. The summed E-state index contributed by atoms with van der Waals surface area (Å²) in [5.74, 6) is -4.09. The third-order valence-corrected chi connectivity index (χ3v) is 3.94. The average Bonchev–Trinajstić information content (AvgIpc) is 2.37. The van der Waals surface area contributed by atoms with Crippen LogP contribution in [0, 0.1) is 0 Å². The van der Waals surface area contributed by atoms with Crippen molar-refractivity contribution in [3.8, 4) is 0 Å². The van der Waals surface area contributed by atoms with Crippen LogP contribution in [0.3, 0.4) is 0 Å².